The minimum Gasteiger partial charge on any atom is -0.458 e. The molecular weight excluding hydrogens is 244 g/mol. The molecule has 2 saturated carbocycles. The Balaban J connectivity index is 1.93. The van der Waals surface area contributed by atoms with Crippen molar-refractivity contribution in [2.45, 2.75) is 44.5 Å². The summed E-state index contributed by atoms with van der Waals surface area (Å²) in [5.41, 5.74) is 1.06. The highest BCUT2D eigenvalue weighted by molar-refractivity contribution is 5.90. The maximum absolute atomic E-state index is 11.6. The topological polar surface area (TPSA) is 66.8 Å². The lowest BCUT2D eigenvalue weighted by Crippen LogP contribution is -2.51. The van der Waals surface area contributed by atoms with Crippen LogP contribution in [-0.4, -0.2) is 34.5 Å². The summed E-state index contributed by atoms with van der Waals surface area (Å²) in [6.07, 6.45) is 0.193. The fraction of sp³-hybridized carbons (Fsp3) is 0.667. The molecule has 1 aliphatic heterocycles. The maximum atomic E-state index is 11.6. The van der Waals surface area contributed by atoms with Gasteiger partial charge in [0.2, 0.25) is 0 Å². The van der Waals surface area contributed by atoms with E-state index < -0.39 is 12.2 Å². The summed E-state index contributed by atoms with van der Waals surface area (Å²) in [5.74, 6) is -0.160. The van der Waals surface area contributed by atoms with E-state index >= 15 is 0 Å². The fourth-order valence-corrected chi connectivity index (χ4v) is 4.16. The molecule has 0 radical (unpaired) electrons. The van der Waals surface area contributed by atoms with Gasteiger partial charge < -0.3 is 14.9 Å². The van der Waals surface area contributed by atoms with Crippen molar-refractivity contribution in [3.63, 3.8) is 0 Å². The minimum atomic E-state index is -0.860. The molecular formula is C15H20O4. The van der Waals surface area contributed by atoms with Crippen LogP contribution in [0.1, 0.15) is 26.2 Å². The Labute approximate surface area is 112 Å². The molecule has 19 heavy (non-hydrogen) atoms. The number of rotatable bonds is 0. The summed E-state index contributed by atoms with van der Waals surface area (Å²) in [6.45, 7) is 9.88. The molecule has 0 aromatic heterocycles. The molecule has 0 amide bonds. The van der Waals surface area contributed by atoms with E-state index in [4.69, 9.17) is 4.74 Å². The van der Waals surface area contributed by atoms with Crippen LogP contribution in [0.2, 0.25) is 0 Å². The lowest BCUT2D eigenvalue weighted by atomic mass is 9.54. The van der Waals surface area contributed by atoms with E-state index in [2.05, 4.69) is 20.1 Å². The van der Waals surface area contributed by atoms with Crippen molar-refractivity contribution in [2.75, 3.05) is 0 Å². The van der Waals surface area contributed by atoms with Gasteiger partial charge in [0.25, 0.3) is 0 Å². The third kappa shape index (κ3) is 1.70. The molecule has 0 unspecified atom stereocenters. The summed E-state index contributed by atoms with van der Waals surface area (Å²) in [6, 6.07) is 0. The van der Waals surface area contributed by atoms with Crippen molar-refractivity contribution in [1.29, 1.82) is 0 Å². The van der Waals surface area contributed by atoms with E-state index in [-0.39, 0.29) is 29.3 Å². The zero-order valence-electron chi connectivity index (χ0n) is 11.1. The summed E-state index contributed by atoms with van der Waals surface area (Å²) in [5, 5.41) is 19.9. The Morgan fingerprint density at radius 1 is 1.32 bits per heavy atom. The minimum absolute atomic E-state index is 0.0322. The van der Waals surface area contributed by atoms with E-state index in [1.54, 1.807) is 0 Å². The zero-order valence-corrected chi connectivity index (χ0v) is 11.1. The van der Waals surface area contributed by atoms with Crippen LogP contribution in [0.3, 0.4) is 0 Å². The lowest BCUT2D eigenvalue weighted by molar-refractivity contribution is -0.144. The quantitative estimate of drug-likeness (QED) is 0.392. The van der Waals surface area contributed by atoms with E-state index in [1.807, 2.05) is 0 Å². The van der Waals surface area contributed by atoms with Crippen LogP contribution < -0.4 is 0 Å². The van der Waals surface area contributed by atoms with Crippen molar-refractivity contribution in [3.05, 3.63) is 24.3 Å². The molecule has 0 aromatic carbocycles. The average Bonchev–Trinajstić information content (AvgIpc) is 2.59. The van der Waals surface area contributed by atoms with Crippen molar-refractivity contribution in [2.24, 2.45) is 17.3 Å². The zero-order chi connectivity index (χ0) is 13.9. The van der Waals surface area contributed by atoms with Crippen LogP contribution in [0.4, 0.5) is 0 Å². The summed E-state index contributed by atoms with van der Waals surface area (Å²) in [4.78, 5) is 11.6. The largest absolute Gasteiger partial charge is 0.458 e. The second-order valence-corrected chi connectivity index (χ2v) is 6.51. The monoisotopic (exact) mass is 264 g/mol. The summed E-state index contributed by atoms with van der Waals surface area (Å²) >= 11 is 0. The molecule has 4 heteroatoms. The van der Waals surface area contributed by atoms with Gasteiger partial charge >= 0.3 is 5.97 Å². The Kier molecular flexibility index (Phi) is 2.67. The van der Waals surface area contributed by atoms with Gasteiger partial charge in [0, 0.05) is 11.5 Å². The SMILES string of the molecule is C=C1C(=O)O[C@@H]2C[C@@]3(C)C[C@@H](O)[C@H](O)C(=C)[C@@H]3C[C@@H]12. The molecule has 6 atom stereocenters. The van der Waals surface area contributed by atoms with Gasteiger partial charge in [-0.1, -0.05) is 20.1 Å². The first kappa shape index (κ1) is 12.9. The smallest absolute Gasteiger partial charge is 0.334 e. The predicted octanol–water partition coefficient (Wildman–Crippen LogP) is 1.18. The Hall–Kier alpha value is -1.13. The first-order chi connectivity index (χ1) is 8.83. The highest BCUT2D eigenvalue weighted by atomic mass is 16.6. The molecule has 0 aromatic rings. The predicted molar refractivity (Wildman–Crippen MR) is 69.1 cm³/mol. The van der Waals surface area contributed by atoms with Crippen LogP contribution in [-0.2, 0) is 9.53 Å². The molecule has 0 bridgehead atoms. The van der Waals surface area contributed by atoms with Gasteiger partial charge in [-0.05, 0) is 36.2 Å². The molecule has 3 rings (SSSR count). The first-order valence-corrected chi connectivity index (χ1v) is 6.78. The molecule has 1 heterocycles. The van der Waals surface area contributed by atoms with E-state index in [1.165, 1.54) is 0 Å². The molecule has 2 aliphatic carbocycles. The van der Waals surface area contributed by atoms with Gasteiger partial charge in [-0.15, -0.1) is 0 Å². The number of esters is 1. The second-order valence-electron chi connectivity index (χ2n) is 6.51. The van der Waals surface area contributed by atoms with Crippen LogP contribution in [0.25, 0.3) is 0 Å². The third-order valence-corrected chi connectivity index (χ3v) is 5.28. The van der Waals surface area contributed by atoms with Gasteiger partial charge in [-0.2, -0.15) is 0 Å². The van der Waals surface area contributed by atoms with E-state index in [0.29, 0.717) is 24.0 Å². The van der Waals surface area contributed by atoms with Crippen molar-refractivity contribution in [3.8, 4) is 0 Å². The number of aliphatic hydroxyl groups is 2. The number of hydrogen-bond acceptors (Lipinski definition) is 4. The first-order valence-electron chi connectivity index (χ1n) is 6.78. The molecule has 2 N–H and O–H groups in total. The van der Waals surface area contributed by atoms with Crippen molar-refractivity contribution >= 4 is 5.97 Å². The van der Waals surface area contributed by atoms with Crippen LogP contribution in [0.15, 0.2) is 24.3 Å². The fourth-order valence-electron chi connectivity index (χ4n) is 4.16. The number of carbonyl (C=O) groups excluding carboxylic acids is 1. The number of hydrogen-bond donors (Lipinski definition) is 2. The van der Waals surface area contributed by atoms with Crippen LogP contribution in [0, 0.1) is 17.3 Å². The van der Waals surface area contributed by atoms with Crippen molar-refractivity contribution in [1.82, 2.24) is 0 Å². The summed E-state index contributed by atoms with van der Waals surface area (Å²) < 4.78 is 5.38. The number of fused-ring (bicyclic) bond motifs is 2. The highest BCUT2D eigenvalue weighted by Crippen LogP contribution is 2.56. The van der Waals surface area contributed by atoms with E-state index in [9.17, 15) is 15.0 Å². The third-order valence-electron chi connectivity index (χ3n) is 5.28. The Morgan fingerprint density at radius 3 is 2.68 bits per heavy atom. The number of ether oxygens (including phenoxy) is 1. The molecule has 104 valence electrons. The molecule has 1 saturated heterocycles. The lowest BCUT2D eigenvalue weighted by Gasteiger charge is -2.52. The van der Waals surface area contributed by atoms with Gasteiger partial charge in [0.05, 0.1) is 6.10 Å². The van der Waals surface area contributed by atoms with Gasteiger partial charge in [-0.25, -0.2) is 4.79 Å². The molecule has 0 spiro atoms. The maximum Gasteiger partial charge on any atom is 0.334 e. The standard InChI is InChI=1S/C15H20O4/c1-7-9-4-10-8(2)13(17)11(16)5-15(10,3)6-12(9)19-14(7)18/h9-13,16-17H,1-2,4-6H2,3H3/t9-,10-,11+,12+,13+,15+/m0/s1. The van der Waals surface area contributed by atoms with Crippen LogP contribution >= 0.6 is 0 Å². The van der Waals surface area contributed by atoms with Crippen LogP contribution in [0.5, 0.6) is 0 Å². The van der Waals surface area contributed by atoms with Gasteiger partial charge in [0.1, 0.15) is 12.2 Å². The Morgan fingerprint density at radius 2 is 2.00 bits per heavy atom. The number of carbonyl (C=O) groups is 1. The molecule has 3 aliphatic rings. The van der Waals surface area contributed by atoms with E-state index in [0.717, 1.165) is 6.42 Å². The van der Waals surface area contributed by atoms with Crippen molar-refractivity contribution < 1.29 is 19.7 Å². The van der Waals surface area contributed by atoms with Gasteiger partial charge in [0.15, 0.2) is 0 Å². The average molecular weight is 264 g/mol. The Bertz CT molecular complexity index is 469. The summed E-state index contributed by atoms with van der Waals surface area (Å²) in [7, 11) is 0. The molecule has 4 nitrogen and oxygen atoms in total. The second kappa shape index (κ2) is 3.93. The molecule has 3 fully saturated rings. The highest BCUT2D eigenvalue weighted by Gasteiger charge is 2.55. The van der Waals surface area contributed by atoms with Gasteiger partial charge in [-0.3, -0.25) is 0 Å². The number of aliphatic hydroxyl groups excluding tert-OH is 2. The normalized spacial score (nSPS) is 49.6.